The summed E-state index contributed by atoms with van der Waals surface area (Å²) in [6.45, 7) is 7.21. The third-order valence-corrected chi connectivity index (χ3v) is 9.40. The number of carboxylic acids is 1. The molecule has 0 heterocycles. The van der Waals surface area contributed by atoms with Gasteiger partial charge in [0.1, 0.15) is 42.3 Å². The molecule has 9 amide bonds. The number of thioether (sulfide) groups is 1. The van der Waals surface area contributed by atoms with Crippen molar-refractivity contribution in [3.05, 3.63) is 0 Å². The van der Waals surface area contributed by atoms with Gasteiger partial charge in [0.2, 0.25) is 53.2 Å². The Kier molecular flexibility index (Phi) is 26.0. The van der Waals surface area contributed by atoms with Crippen molar-refractivity contribution < 1.29 is 58.2 Å². The van der Waals surface area contributed by atoms with E-state index in [9.17, 15) is 58.2 Å². The number of hydrogen-bond acceptors (Lipinski definition) is 14. The summed E-state index contributed by atoms with van der Waals surface area (Å²) in [5, 5.41) is 36.3. The molecule has 0 spiro atoms. The van der Waals surface area contributed by atoms with Gasteiger partial charge in [-0.2, -0.15) is 11.8 Å². The van der Waals surface area contributed by atoms with Crippen molar-refractivity contribution in [1.29, 1.82) is 0 Å². The molecule has 0 aromatic carbocycles. The summed E-state index contributed by atoms with van der Waals surface area (Å²) in [6.07, 6.45) is 1.64. The van der Waals surface area contributed by atoms with E-state index in [1.54, 1.807) is 34.0 Å². The third-order valence-electron chi connectivity index (χ3n) is 8.76. The average molecular weight is 876 g/mol. The van der Waals surface area contributed by atoms with E-state index in [4.69, 9.17) is 22.9 Å². The summed E-state index contributed by atoms with van der Waals surface area (Å²) in [7, 11) is 0. The fraction of sp³-hybridized carbons (Fsp3) is 0.722. The molecule has 8 atom stereocenters. The number of carbonyl (C=O) groups is 10. The van der Waals surface area contributed by atoms with E-state index in [1.165, 1.54) is 18.7 Å². The zero-order valence-corrected chi connectivity index (χ0v) is 35.9. The van der Waals surface area contributed by atoms with Gasteiger partial charge in [-0.3, -0.25) is 43.2 Å². The van der Waals surface area contributed by atoms with E-state index in [2.05, 4.69) is 37.2 Å². The van der Waals surface area contributed by atoms with E-state index in [-0.39, 0.29) is 31.7 Å². The van der Waals surface area contributed by atoms with Crippen molar-refractivity contribution >= 4 is 70.9 Å². The van der Waals surface area contributed by atoms with Crippen LogP contribution in [0.1, 0.15) is 79.6 Å². The Morgan fingerprint density at radius 1 is 0.583 bits per heavy atom. The number of carboxylic acid groups (broad SMARTS) is 1. The van der Waals surface area contributed by atoms with Crippen LogP contribution >= 0.6 is 11.8 Å². The minimum atomic E-state index is -1.63. The van der Waals surface area contributed by atoms with Gasteiger partial charge < -0.3 is 70.4 Å². The normalized spacial score (nSPS) is 15.1. The van der Waals surface area contributed by atoms with Crippen LogP contribution in [0.15, 0.2) is 0 Å². The second-order valence-electron chi connectivity index (χ2n) is 14.9. The highest BCUT2D eigenvalue weighted by molar-refractivity contribution is 7.98. The molecule has 0 aliphatic carbocycles. The van der Waals surface area contributed by atoms with Crippen LogP contribution in [0.5, 0.6) is 0 Å². The highest BCUT2D eigenvalue weighted by Gasteiger charge is 2.35. The molecule has 0 aliphatic rings. The highest BCUT2D eigenvalue weighted by atomic mass is 32.2. The first-order valence-corrected chi connectivity index (χ1v) is 20.9. The third kappa shape index (κ3) is 21.3. The Bertz CT molecular complexity index is 1500. The lowest BCUT2D eigenvalue weighted by atomic mass is 10.0. The number of aliphatic hydroxyl groups is 1. The number of carbonyl (C=O) groups excluding carboxylic acids is 9. The van der Waals surface area contributed by atoms with Crippen LogP contribution in [0, 0.1) is 11.8 Å². The Labute approximate surface area is 353 Å². The zero-order chi connectivity index (χ0) is 46.3. The summed E-state index contributed by atoms with van der Waals surface area (Å²) in [5.41, 5.74) is 21.7. The van der Waals surface area contributed by atoms with Crippen molar-refractivity contribution in [3.8, 4) is 0 Å². The van der Waals surface area contributed by atoms with Crippen LogP contribution in [0.2, 0.25) is 0 Å². The number of nitrogens with two attached hydrogens (primary N) is 4. The number of aliphatic carboxylic acids is 1. The van der Waals surface area contributed by atoms with Gasteiger partial charge in [0, 0.05) is 0 Å². The fourth-order valence-electron chi connectivity index (χ4n) is 5.42. The molecule has 23 nitrogen and oxygen atoms in total. The minimum absolute atomic E-state index is 0.0524. The summed E-state index contributed by atoms with van der Waals surface area (Å²) < 4.78 is 0. The minimum Gasteiger partial charge on any atom is -0.480 e. The maximum absolute atomic E-state index is 13.5. The molecule has 0 saturated carbocycles. The molecule has 0 aliphatic heterocycles. The van der Waals surface area contributed by atoms with E-state index >= 15 is 0 Å². The smallest absolute Gasteiger partial charge is 0.326 e. The number of unbranched alkanes of at least 4 members (excludes halogenated alkanes) is 1. The first-order chi connectivity index (χ1) is 28.0. The zero-order valence-electron chi connectivity index (χ0n) is 35.0. The maximum atomic E-state index is 13.5. The molecule has 0 aromatic rings. The molecule has 342 valence electrons. The first kappa shape index (κ1) is 54.9. The Hall–Kier alpha value is -5.07. The molecule has 0 aromatic heterocycles. The number of aliphatic hydroxyl groups excluding tert-OH is 1. The predicted molar refractivity (Wildman–Crippen MR) is 220 cm³/mol. The molecular weight excluding hydrogens is 811 g/mol. The van der Waals surface area contributed by atoms with Crippen LogP contribution in [-0.4, -0.2) is 143 Å². The van der Waals surface area contributed by atoms with Crippen molar-refractivity contribution in [2.24, 2.45) is 34.8 Å². The molecule has 0 unspecified atom stereocenters. The van der Waals surface area contributed by atoms with Gasteiger partial charge >= 0.3 is 5.97 Å². The van der Waals surface area contributed by atoms with Gasteiger partial charge in [0.25, 0.3) is 0 Å². The van der Waals surface area contributed by atoms with E-state index in [0.29, 0.717) is 18.6 Å². The van der Waals surface area contributed by atoms with Crippen molar-refractivity contribution in [2.75, 3.05) is 25.2 Å². The average Bonchev–Trinajstić information content (AvgIpc) is 3.15. The van der Waals surface area contributed by atoms with Crippen LogP contribution < -0.4 is 60.2 Å². The highest BCUT2D eigenvalue weighted by Crippen LogP contribution is 2.10. The monoisotopic (exact) mass is 875 g/mol. The molecule has 0 saturated heterocycles. The van der Waals surface area contributed by atoms with Crippen molar-refractivity contribution in [3.63, 3.8) is 0 Å². The number of rotatable bonds is 30. The standard InChI is InChI=1S/C36H65N11O12S/c1-17(2)13-23(32(54)43-22(36(58)59)10-12-60-6)44-33(55)24(15-27(40)50)45-35(57)28(18(3)4)47-29(51)19(5)41-34(56)25(16-48)46-31(53)21(9-7-8-11-37)42-30(52)20(38)14-26(39)49/h17-25,28,48H,7-16,37-38H2,1-6H3,(H2,39,49)(H2,40,50)(H,41,56)(H,42,52)(H,43,54)(H,44,55)(H,45,57)(H,46,53)(H,47,51)(H,58,59)/t19-,20-,21-,22-,23-,24-,25-,28-/m0/s1. The lowest BCUT2D eigenvalue weighted by Crippen LogP contribution is -2.61. The molecular formula is C36H65N11O12S. The van der Waals surface area contributed by atoms with Gasteiger partial charge in [0.15, 0.2) is 0 Å². The molecule has 17 N–H and O–H groups in total. The van der Waals surface area contributed by atoms with Crippen molar-refractivity contribution in [1.82, 2.24) is 37.2 Å². The predicted octanol–water partition coefficient (Wildman–Crippen LogP) is -4.86. The van der Waals surface area contributed by atoms with E-state index in [1.807, 2.05) is 0 Å². The Morgan fingerprint density at radius 2 is 1.08 bits per heavy atom. The van der Waals surface area contributed by atoms with Crippen LogP contribution in [0.4, 0.5) is 0 Å². The van der Waals surface area contributed by atoms with E-state index < -0.39 is 133 Å². The summed E-state index contributed by atoms with van der Waals surface area (Å²) in [6, 6.07) is -11.1. The van der Waals surface area contributed by atoms with Gasteiger partial charge in [-0.15, -0.1) is 0 Å². The van der Waals surface area contributed by atoms with Crippen molar-refractivity contribution in [2.45, 2.75) is 128 Å². The summed E-state index contributed by atoms with van der Waals surface area (Å²) in [4.78, 5) is 127. The summed E-state index contributed by atoms with van der Waals surface area (Å²) >= 11 is 1.38. The van der Waals surface area contributed by atoms with Crippen LogP contribution in [0.3, 0.4) is 0 Å². The molecule has 0 bridgehead atoms. The molecule has 0 radical (unpaired) electrons. The number of amides is 9. The molecule has 60 heavy (non-hydrogen) atoms. The quantitative estimate of drug-likeness (QED) is 0.0301. The maximum Gasteiger partial charge on any atom is 0.326 e. The van der Waals surface area contributed by atoms with E-state index in [0.717, 1.165) is 0 Å². The number of hydrogen-bond donors (Lipinski definition) is 13. The lowest BCUT2D eigenvalue weighted by Gasteiger charge is -2.28. The van der Waals surface area contributed by atoms with Gasteiger partial charge in [-0.1, -0.05) is 27.7 Å². The van der Waals surface area contributed by atoms with Gasteiger partial charge in [-0.05, 0) is 69.4 Å². The second kappa shape index (κ2) is 28.4. The Balaban J connectivity index is 5.94. The first-order valence-electron chi connectivity index (χ1n) is 19.5. The second-order valence-corrected chi connectivity index (χ2v) is 15.9. The molecule has 24 heteroatoms. The lowest BCUT2D eigenvalue weighted by molar-refractivity contribution is -0.142. The van der Waals surface area contributed by atoms with Crippen LogP contribution in [-0.2, 0) is 47.9 Å². The van der Waals surface area contributed by atoms with Crippen LogP contribution in [0.25, 0.3) is 0 Å². The molecule has 0 fully saturated rings. The summed E-state index contributed by atoms with van der Waals surface area (Å²) in [5.74, 6) is -9.90. The number of primary amides is 2. The number of nitrogens with one attached hydrogen (secondary N) is 7. The van der Waals surface area contributed by atoms with Gasteiger partial charge in [0.05, 0.1) is 25.5 Å². The topological polar surface area (TPSA) is 399 Å². The fourth-order valence-corrected chi connectivity index (χ4v) is 5.89. The largest absolute Gasteiger partial charge is 0.480 e. The van der Waals surface area contributed by atoms with Gasteiger partial charge in [-0.25, -0.2) is 4.79 Å². The Morgan fingerprint density at radius 3 is 1.58 bits per heavy atom. The molecule has 0 rings (SSSR count). The SMILES string of the molecule is CSCC[C@H](NC(=O)[C@H](CC(C)C)NC(=O)[C@H](CC(N)=O)NC(=O)[C@@H](NC(=O)[C@H](C)NC(=O)[C@H](CO)NC(=O)[C@H](CCCCN)NC(=O)[C@@H](N)CC(N)=O)C(C)C)C(=O)O.